The van der Waals surface area contributed by atoms with Gasteiger partial charge in [-0.3, -0.25) is 9.59 Å². The lowest BCUT2D eigenvalue weighted by Gasteiger charge is -2.21. The number of rotatable bonds is 6. The predicted molar refractivity (Wildman–Crippen MR) is 96.1 cm³/mol. The van der Waals surface area contributed by atoms with Crippen molar-refractivity contribution >= 4 is 11.8 Å². The van der Waals surface area contributed by atoms with Gasteiger partial charge in [-0.15, -0.1) is 0 Å². The van der Waals surface area contributed by atoms with E-state index in [2.05, 4.69) is 10.6 Å². The van der Waals surface area contributed by atoms with Gasteiger partial charge in [-0.1, -0.05) is 48.5 Å². The third kappa shape index (κ3) is 4.59. The van der Waals surface area contributed by atoms with Gasteiger partial charge >= 0.3 is 0 Å². The van der Waals surface area contributed by atoms with Crippen LogP contribution in [-0.4, -0.2) is 31.5 Å². The number of nitrogens with one attached hydrogen (secondary N) is 2. The zero-order valence-electron chi connectivity index (χ0n) is 14.0. The second-order valence-electron chi connectivity index (χ2n) is 6.04. The number of piperidine rings is 1. The van der Waals surface area contributed by atoms with Crippen molar-refractivity contribution in [3.8, 4) is 16.9 Å². The topological polar surface area (TPSA) is 67.4 Å². The molecular formula is C20H22N2O3. The van der Waals surface area contributed by atoms with Crippen molar-refractivity contribution in [1.29, 1.82) is 0 Å². The Hall–Kier alpha value is -2.82. The van der Waals surface area contributed by atoms with Crippen molar-refractivity contribution in [2.24, 2.45) is 5.92 Å². The fourth-order valence-electron chi connectivity index (χ4n) is 2.88. The second-order valence-corrected chi connectivity index (χ2v) is 6.04. The lowest BCUT2D eigenvalue weighted by molar-refractivity contribution is -0.129. The third-order valence-electron chi connectivity index (χ3n) is 4.27. The molecule has 1 aliphatic rings. The van der Waals surface area contributed by atoms with E-state index in [1.54, 1.807) is 0 Å². The van der Waals surface area contributed by atoms with Crippen molar-refractivity contribution in [3.05, 3.63) is 54.6 Å². The van der Waals surface area contributed by atoms with Crippen LogP contribution in [0.2, 0.25) is 0 Å². The van der Waals surface area contributed by atoms with Gasteiger partial charge in [0.25, 0.3) is 0 Å². The molecule has 1 aliphatic heterocycles. The maximum Gasteiger partial charge on any atom is 0.225 e. The summed E-state index contributed by atoms with van der Waals surface area (Å²) in [7, 11) is 0. The van der Waals surface area contributed by atoms with E-state index in [0.717, 1.165) is 16.9 Å². The first kappa shape index (κ1) is 17.0. The van der Waals surface area contributed by atoms with Crippen LogP contribution in [0.25, 0.3) is 11.1 Å². The molecule has 2 N–H and O–H groups in total. The Bertz CT molecular complexity index is 721. The smallest absolute Gasteiger partial charge is 0.225 e. The van der Waals surface area contributed by atoms with Gasteiger partial charge in [-0.05, 0) is 18.1 Å². The summed E-state index contributed by atoms with van der Waals surface area (Å²) >= 11 is 0. The molecule has 3 rings (SSSR count). The molecule has 1 atom stereocenters. The van der Waals surface area contributed by atoms with E-state index in [1.807, 2.05) is 54.6 Å². The molecule has 0 saturated carbocycles. The first-order chi connectivity index (χ1) is 12.2. The van der Waals surface area contributed by atoms with Crippen LogP contribution >= 0.6 is 0 Å². The fourth-order valence-corrected chi connectivity index (χ4v) is 2.88. The highest BCUT2D eigenvalue weighted by Crippen LogP contribution is 2.29. The molecule has 2 amide bonds. The molecular weight excluding hydrogens is 316 g/mol. The van der Waals surface area contributed by atoms with Crippen LogP contribution < -0.4 is 15.4 Å². The van der Waals surface area contributed by atoms with Crippen molar-refractivity contribution in [2.75, 3.05) is 19.7 Å². The molecule has 0 aliphatic carbocycles. The average Bonchev–Trinajstić information content (AvgIpc) is 2.66. The first-order valence-corrected chi connectivity index (χ1v) is 8.55. The number of amides is 2. The van der Waals surface area contributed by atoms with Crippen molar-refractivity contribution in [3.63, 3.8) is 0 Å². The third-order valence-corrected chi connectivity index (χ3v) is 4.27. The Kier molecular flexibility index (Phi) is 5.67. The van der Waals surface area contributed by atoms with Crippen molar-refractivity contribution in [1.82, 2.24) is 10.6 Å². The predicted octanol–water partition coefficient (Wildman–Crippen LogP) is 2.37. The monoisotopic (exact) mass is 338 g/mol. The SMILES string of the molecule is O=C1CC[C@H](C(=O)NCCOc2ccccc2-c2ccccc2)CN1. The minimum Gasteiger partial charge on any atom is -0.491 e. The summed E-state index contributed by atoms with van der Waals surface area (Å²) in [6.07, 6.45) is 1.02. The summed E-state index contributed by atoms with van der Waals surface area (Å²) in [5, 5.41) is 5.61. The molecule has 1 saturated heterocycles. The normalized spacial score (nSPS) is 16.8. The molecule has 0 unspecified atom stereocenters. The molecule has 5 nitrogen and oxygen atoms in total. The van der Waals surface area contributed by atoms with E-state index in [1.165, 1.54) is 0 Å². The highest BCUT2D eigenvalue weighted by atomic mass is 16.5. The van der Waals surface area contributed by atoms with Gasteiger partial charge in [0, 0.05) is 18.5 Å². The Morgan fingerprint density at radius 3 is 2.64 bits per heavy atom. The van der Waals surface area contributed by atoms with E-state index in [0.29, 0.717) is 32.5 Å². The van der Waals surface area contributed by atoms with E-state index in [9.17, 15) is 9.59 Å². The van der Waals surface area contributed by atoms with Crippen LogP contribution in [0.4, 0.5) is 0 Å². The van der Waals surface area contributed by atoms with E-state index in [-0.39, 0.29) is 17.7 Å². The Labute approximate surface area is 147 Å². The molecule has 2 aromatic carbocycles. The Morgan fingerprint density at radius 1 is 1.12 bits per heavy atom. The summed E-state index contributed by atoms with van der Waals surface area (Å²) in [5.41, 5.74) is 2.13. The van der Waals surface area contributed by atoms with Gasteiger partial charge in [0.15, 0.2) is 0 Å². The zero-order valence-corrected chi connectivity index (χ0v) is 14.0. The van der Waals surface area contributed by atoms with Crippen LogP contribution in [0, 0.1) is 5.92 Å². The van der Waals surface area contributed by atoms with Crippen LogP contribution in [0.3, 0.4) is 0 Å². The average molecular weight is 338 g/mol. The molecule has 0 radical (unpaired) electrons. The summed E-state index contributed by atoms with van der Waals surface area (Å²) in [6, 6.07) is 17.9. The maximum absolute atomic E-state index is 12.1. The van der Waals surface area contributed by atoms with Crippen molar-refractivity contribution < 1.29 is 14.3 Å². The number of carbonyl (C=O) groups is 2. The highest BCUT2D eigenvalue weighted by molar-refractivity contribution is 5.83. The van der Waals surface area contributed by atoms with Crippen LogP contribution in [0.5, 0.6) is 5.75 Å². The number of ether oxygens (including phenoxy) is 1. The van der Waals surface area contributed by atoms with Crippen molar-refractivity contribution in [2.45, 2.75) is 12.8 Å². The number of para-hydroxylation sites is 1. The van der Waals surface area contributed by atoms with Crippen LogP contribution in [-0.2, 0) is 9.59 Å². The van der Waals surface area contributed by atoms with Gasteiger partial charge < -0.3 is 15.4 Å². The first-order valence-electron chi connectivity index (χ1n) is 8.55. The molecule has 130 valence electrons. The molecule has 1 heterocycles. The Morgan fingerprint density at radius 2 is 1.88 bits per heavy atom. The number of hydrogen-bond acceptors (Lipinski definition) is 3. The van der Waals surface area contributed by atoms with Crippen LogP contribution in [0.15, 0.2) is 54.6 Å². The molecule has 0 bridgehead atoms. The lowest BCUT2D eigenvalue weighted by atomic mass is 9.98. The number of hydrogen-bond donors (Lipinski definition) is 2. The minimum absolute atomic E-state index is 0.0184. The maximum atomic E-state index is 12.1. The summed E-state index contributed by atoms with van der Waals surface area (Å²) < 4.78 is 5.86. The second kappa shape index (κ2) is 8.33. The van der Waals surface area contributed by atoms with Crippen LogP contribution in [0.1, 0.15) is 12.8 Å². The van der Waals surface area contributed by atoms with Gasteiger partial charge in [0.1, 0.15) is 12.4 Å². The molecule has 5 heteroatoms. The largest absolute Gasteiger partial charge is 0.491 e. The number of carbonyl (C=O) groups excluding carboxylic acids is 2. The van der Waals surface area contributed by atoms with E-state index in [4.69, 9.17) is 4.74 Å². The van der Waals surface area contributed by atoms with Gasteiger partial charge in [0.2, 0.25) is 11.8 Å². The van der Waals surface area contributed by atoms with E-state index < -0.39 is 0 Å². The summed E-state index contributed by atoms with van der Waals surface area (Å²) in [5.74, 6) is 0.645. The van der Waals surface area contributed by atoms with Gasteiger partial charge in [-0.2, -0.15) is 0 Å². The van der Waals surface area contributed by atoms with E-state index >= 15 is 0 Å². The molecule has 2 aromatic rings. The Balaban J connectivity index is 1.50. The lowest BCUT2D eigenvalue weighted by Crippen LogP contribution is -2.43. The highest BCUT2D eigenvalue weighted by Gasteiger charge is 2.23. The molecule has 0 spiro atoms. The summed E-state index contributed by atoms with van der Waals surface area (Å²) in [4.78, 5) is 23.2. The quantitative estimate of drug-likeness (QED) is 0.795. The fraction of sp³-hybridized carbons (Fsp3) is 0.300. The minimum atomic E-state index is -0.144. The zero-order chi connectivity index (χ0) is 17.5. The molecule has 25 heavy (non-hydrogen) atoms. The summed E-state index contributed by atoms with van der Waals surface area (Å²) in [6.45, 7) is 1.25. The molecule has 0 aromatic heterocycles. The van der Waals surface area contributed by atoms with Gasteiger partial charge in [0.05, 0.1) is 12.5 Å². The van der Waals surface area contributed by atoms with Gasteiger partial charge in [-0.25, -0.2) is 0 Å². The molecule has 1 fully saturated rings. The standard InChI is InChI=1S/C20H22N2O3/c23-19-11-10-16(14-22-19)20(24)21-12-13-25-18-9-5-4-8-17(18)15-6-2-1-3-7-15/h1-9,16H,10-14H2,(H,21,24)(H,22,23)/t16-/m0/s1. The number of benzene rings is 2.